The smallest absolute Gasteiger partial charge is 0.336 e. The fraction of sp³-hybridized carbons (Fsp3) is 0.250. The van der Waals surface area contributed by atoms with Crippen molar-refractivity contribution in [1.29, 1.82) is 0 Å². The molecule has 0 radical (unpaired) electrons. The zero-order chi connectivity index (χ0) is 22.4. The third-order valence-electron chi connectivity index (χ3n) is 4.75. The predicted molar refractivity (Wildman–Crippen MR) is 119 cm³/mol. The van der Waals surface area contributed by atoms with Crippen LogP contribution >= 0.6 is 11.6 Å². The van der Waals surface area contributed by atoms with Crippen LogP contribution in [-0.2, 0) is 19.1 Å². The number of esters is 2. The van der Waals surface area contributed by atoms with Crippen LogP contribution in [0.4, 0.5) is 5.69 Å². The summed E-state index contributed by atoms with van der Waals surface area (Å²) < 4.78 is 15.8. The fourth-order valence-corrected chi connectivity index (χ4v) is 3.57. The Bertz CT molecular complexity index is 977. The van der Waals surface area contributed by atoms with E-state index in [2.05, 4.69) is 0 Å². The van der Waals surface area contributed by atoms with E-state index < -0.39 is 17.9 Å². The highest BCUT2D eigenvalue weighted by atomic mass is 35.5. The lowest BCUT2D eigenvalue weighted by atomic mass is 9.83. The summed E-state index contributed by atoms with van der Waals surface area (Å²) in [6.45, 7) is 3.89. The zero-order valence-corrected chi connectivity index (χ0v) is 18.4. The summed E-state index contributed by atoms with van der Waals surface area (Å²) in [4.78, 5) is 27.5. The molecule has 0 aromatic heterocycles. The fourth-order valence-electron chi connectivity index (χ4n) is 3.37. The molecule has 162 valence electrons. The van der Waals surface area contributed by atoms with E-state index in [-0.39, 0.29) is 13.2 Å². The SMILES string of the molecule is CCOC(=O)C1=CN(c2ccc(OC)cc2)C=C(C(=O)OCC)C1c1cccc(Cl)c1. The maximum atomic E-state index is 12.9. The summed E-state index contributed by atoms with van der Waals surface area (Å²) >= 11 is 6.20. The van der Waals surface area contributed by atoms with Gasteiger partial charge in [0.15, 0.2) is 0 Å². The van der Waals surface area contributed by atoms with Crippen molar-refractivity contribution in [3.63, 3.8) is 0 Å². The normalized spacial score (nSPS) is 13.9. The second-order valence-electron chi connectivity index (χ2n) is 6.70. The number of nitrogens with zero attached hydrogens (tertiary/aromatic N) is 1. The Balaban J connectivity index is 2.15. The largest absolute Gasteiger partial charge is 0.497 e. The van der Waals surface area contributed by atoms with Gasteiger partial charge in [-0.2, -0.15) is 0 Å². The lowest BCUT2D eigenvalue weighted by Crippen LogP contribution is -2.29. The van der Waals surface area contributed by atoms with Gasteiger partial charge >= 0.3 is 11.9 Å². The summed E-state index contributed by atoms with van der Waals surface area (Å²) in [5, 5.41) is 0.501. The molecule has 6 nitrogen and oxygen atoms in total. The molecule has 0 saturated carbocycles. The van der Waals surface area contributed by atoms with Crippen LogP contribution < -0.4 is 9.64 Å². The monoisotopic (exact) mass is 441 g/mol. The number of rotatable bonds is 7. The molecule has 0 bridgehead atoms. The van der Waals surface area contributed by atoms with Crippen LogP contribution in [0.5, 0.6) is 5.75 Å². The van der Waals surface area contributed by atoms with Crippen molar-refractivity contribution in [3.05, 3.63) is 82.7 Å². The Morgan fingerprint density at radius 1 is 0.935 bits per heavy atom. The average molecular weight is 442 g/mol. The molecule has 0 aliphatic carbocycles. The summed E-state index contributed by atoms with van der Waals surface area (Å²) in [6.07, 6.45) is 3.35. The molecule has 31 heavy (non-hydrogen) atoms. The van der Waals surface area contributed by atoms with Gasteiger partial charge in [0, 0.05) is 23.1 Å². The van der Waals surface area contributed by atoms with Gasteiger partial charge in [0.2, 0.25) is 0 Å². The second-order valence-corrected chi connectivity index (χ2v) is 7.14. The Kier molecular flexibility index (Phi) is 7.36. The van der Waals surface area contributed by atoms with Crippen molar-refractivity contribution in [1.82, 2.24) is 0 Å². The third kappa shape index (κ3) is 5.09. The van der Waals surface area contributed by atoms with Gasteiger partial charge in [-0.05, 0) is 55.8 Å². The van der Waals surface area contributed by atoms with E-state index in [1.54, 1.807) is 68.6 Å². The van der Waals surface area contributed by atoms with Gasteiger partial charge in [-0.3, -0.25) is 0 Å². The van der Waals surface area contributed by atoms with E-state index in [0.717, 1.165) is 5.69 Å². The first kappa shape index (κ1) is 22.4. The van der Waals surface area contributed by atoms with Gasteiger partial charge < -0.3 is 19.1 Å². The van der Waals surface area contributed by atoms with Crippen LogP contribution in [0.3, 0.4) is 0 Å². The number of ether oxygens (including phenoxy) is 3. The summed E-state index contributed by atoms with van der Waals surface area (Å²) in [5.41, 5.74) is 2.06. The molecule has 1 aliphatic heterocycles. The molecular weight excluding hydrogens is 418 g/mol. The summed E-state index contributed by atoms with van der Waals surface area (Å²) in [7, 11) is 1.59. The summed E-state index contributed by atoms with van der Waals surface area (Å²) in [6, 6.07) is 14.3. The van der Waals surface area contributed by atoms with Crippen LogP contribution in [0.15, 0.2) is 72.1 Å². The highest BCUT2D eigenvalue weighted by Crippen LogP contribution is 2.39. The lowest BCUT2D eigenvalue weighted by molar-refractivity contribution is -0.139. The standard InChI is InChI=1S/C24H24ClNO5/c1-4-30-23(27)20-14-26(18-9-11-19(29-3)12-10-18)15-21(24(28)31-5-2)22(20)16-7-6-8-17(25)13-16/h6-15,22H,4-5H2,1-3H3. The first-order chi connectivity index (χ1) is 15.0. The van der Waals surface area contributed by atoms with Gasteiger partial charge in [-0.25, -0.2) is 9.59 Å². The van der Waals surface area contributed by atoms with Crippen molar-refractivity contribution >= 4 is 29.2 Å². The molecule has 0 atom stereocenters. The maximum Gasteiger partial charge on any atom is 0.336 e. The molecule has 0 spiro atoms. The number of carbonyl (C=O) groups excluding carboxylic acids is 2. The van der Waals surface area contributed by atoms with Crippen LogP contribution in [0.1, 0.15) is 25.3 Å². The molecule has 0 fully saturated rings. The molecule has 1 aliphatic rings. The van der Waals surface area contributed by atoms with Crippen LogP contribution in [0.2, 0.25) is 5.02 Å². The topological polar surface area (TPSA) is 65.1 Å². The van der Waals surface area contributed by atoms with Gasteiger partial charge in [0.05, 0.1) is 37.4 Å². The number of carbonyl (C=O) groups is 2. The van der Waals surface area contributed by atoms with Crippen LogP contribution in [-0.4, -0.2) is 32.3 Å². The van der Waals surface area contributed by atoms with Gasteiger partial charge in [0.1, 0.15) is 5.75 Å². The second kappa shape index (κ2) is 10.2. The van der Waals surface area contributed by atoms with E-state index in [1.807, 2.05) is 18.2 Å². The van der Waals surface area contributed by atoms with Crippen molar-refractivity contribution in [2.75, 3.05) is 25.2 Å². The third-order valence-corrected chi connectivity index (χ3v) is 4.99. The first-order valence-electron chi connectivity index (χ1n) is 9.94. The molecular formula is C24H24ClNO5. The molecule has 7 heteroatoms. The maximum absolute atomic E-state index is 12.9. The van der Waals surface area contributed by atoms with E-state index in [0.29, 0.717) is 27.5 Å². The van der Waals surface area contributed by atoms with Crippen molar-refractivity contribution in [2.24, 2.45) is 0 Å². The van der Waals surface area contributed by atoms with E-state index in [1.165, 1.54) is 0 Å². The van der Waals surface area contributed by atoms with Crippen LogP contribution in [0.25, 0.3) is 0 Å². The van der Waals surface area contributed by atoms with Gasteiger partial charge in [-0.1, -0.05) is 23.7 Å². The number of anilines is 1. The molecule has 2 aromatic rings. The Labute approximate surface area is 186 Å². The molecule has 3 rings (SSSR count). The number of halogens is 1. The van der Waals surface area contributed by atoms with E-state index in [9.17, 15) is 9.59 Å². The van der Waals surface area contributed by atoms with Crippen molar-refractivity contribution < 1.29 is 23.8 Å². The Morgan fingerprint density at radius 2 is 1.52 bits per heavy atom. The molecule has 0 unspecified atom stereocenters. The minimum atomic E-state index is -0.675. The number of benzene rings is 2. The molecule has 0 amide bonds. The molecule has 2 aromatic carbocycles. The number of hydrogen-bond acceptors (Lipinski definition) is 6. The predicted octanol–water partition coefficient (Wildman–Crippen LogP) is 4.85. The Morgan fingerprint density at radius 3 is 2.00 bits per heavy atom. The number of methoxy groups -OCH3 is 1. The van der Waals surface area contributed by atoms with Crippen molar-refractivity contribution in [2.45, 2.75) is 19.8 Å². The molecule has 0 N–H and O–H groups in total. The zero-order valence-electron chi connectivity index (χ0n) is 17.6. The van der Waals surface area contributed by atoms with Crippen LogP contribution in [0, 0.1) is 0 Å². The summed E-state index contributed by atoms with van der Waals surface area (Å²) in [5.74, 6) is -1.00. The quantitative estimate of drug-likeness (QED) is 0.572. The van der Waals surface area contributed by atoms with Gasteiger partial charge in [0.25, 0.3) is 0 Å². The Hall–Kier alpha value is -3.25. The highest BCUT2D eigenvalue weighted by molar-refractivity contribution is 6.30. The minimum Gasteiger partial charge on any atom is -0.497 e. The first-order valence-corrected chi connectivity index (χ1v) is 10.3. The van der Waals surface area contributed by atoms with Gasteiger partial charge in [-0.15, -0.1) is 0 Å². The lowest BCUT2D eigenvalue weighted by Gasteiger charge is -2.30. The van der Waals surface area contributed by atoms with E-state index in [4.69, 9.17) is 25.8 Å². The number of hydrogen-bond donors (Lipinski definition) is 0. The van der Waals surface area contributed by atoms with Crippen molar-refractivity contribution in [3.8, 4) is 5.75 Å². The molecule has 0 saturated heterocycles. The minimum absolute atomic E-state index is 0.208. The average Bonchev–Trinajstić information content (AvgIpc) is 2.78. The van der Waals surface area contributed by atoms with E-state index >= 15 is 0 Å². The molecule has 1 heterocycles. The highest BCUT2D eigenvalue weighted by Gasteiger charge is 2.36.